The maximum atomic E-state index is 13.1. The molecular weight excluding hydrogens is 250 g/mol. The molecule has 0 N–H and O–H groups in total. The van der Waals surface area contributed by atoms with Crippen LogP contribution in [0.4, 0.5) is 8.78 Å². The van der Waals surface area contributed by atoms with Crippen molar-refractivity contribution >= 4 is 5.78 Å². The molecule has 4 heteroatoms. The second-order valence-corrected chi connectivity index (χ2v) is 4.05. The molecule has 0 bridgehead atoms. The molecule has 19 heavy (non-hydrogen) atoms. The average Bonchev–Trinajstić information content (AvgIpc) is 2.39. The molecule has 0 aliphatic rings. The van der Waals surface area contributed by atoms with Gasteiger partial charge in [0.25, 0.3) is 0 Å². The van der Waals surface area contributed by atoms with Gasteiger partial charge < -0.3 is 4.74 Å². The highest BCUT2D eigenvalue weighted by atomic mass is 19.1. The van der Waals surface area contributed by atoms with Gasteiger partial charge in [-0.25, -0.2) is 8.78 Å². The van der Waals surface area contributed by atoms with Gasteiger partial charge in [0.1, 0.15) is 17.7 Å². The summed E-state index contributed by atoms with van der Waals surface area (Å²) >= 11 is 0. The summed E-state index contributed by atoms with van der Waals surface area (Å²) in [5, 5.41) is 0. The zero-order valence-corrected chi connectivity index (χ0v) is 10.3. The minimum absolute atomic E-state index is 0.0480. The van der Waals surface area contributed by atoms with Gasteiger partial charge in [0.05, 0.1) is 0 Å². The van der Waals surface area contributed by atoms with Crippen LogP contribution in [0.15, 0.2) is 48.5 Å². The number of halogens is 2. The number of carbonyl (C=O) groups is 1. The molecule has 0 radical (unpaired) electrons. The Labute approximate surface area is 109 Å². The lowest BCUT2D eigenvalue weighted by Crippen LogP contribution is -2.15. The summed E-state index contributed by atoms with van der Waals surface area (Å²) in [5.41, 5.74) is 0.591. The van der Waals surface area contributed by atoms with Crippen LogP contribution in [0, 0.1) is 11.6 Å². The van der Waals surface area contributed by atoms with Crippen LogP contribution in [0.2, 0.25) is 0 Å². The quantitative estimate of drug-likeness (QED) is 0.788. The molecule has 0 saturated carbocycles. The molecule has 0 saturated heterocycles. The number of rotatable bonds is 4. The Morgan fingerprint density at radius 3 is 2.16 bits per heavy atom. The van der Waals surface area contributed by atoms with Crippen LogP contribution in [0.1, 0.15) is 22.0 Å². The summed E-state index contributed by atoms with van der Waals surface area (Å²) < 4.78 is 31.4. The molecule has 0 aliphatic heterocycles. The maximum Gasteiger partial charge on any atom is 0.196 e. The van der Waals surface area contributed by atoms with E-state index in [4.69, 9.17) is 4.74 Å². The number of benzene rings is 2. The van der Waals surface area contributed by atoms with Crippen LogP contribution in [-0.4, -0.2) is 12.9 Å². The largest absolute Gasteiger partial charge is 0.369 e. The molecular formula is C15H12F2O2. The fraction of sp³-hybridized carbons (Fsp3) is 0.133. The number of hydrogen-bond acceptors (Lipinski definition) is 2. The van der Waals surface area contributed by atoms with Crippen molar-refractivity contribution in [2.75, 3.05) is 7.11 Å². The van der Waals surface area contributed by atoms with Crippen LogP contribution in [0.25, 0.3) is 0 Å². The molecule has 0 spiro atoms. The van der Waals surface area contributed by atoms with E-state index < -0.39 is 23.5 Å². The molecule has 0 fully saturated rings. The van der Waals surface area contributed by atoms with Crippen molar-refractivity contribution in [3.8, 4) is 0 Å². The fourth-order valence-corrected chi connectivity index (χ4v) is 1.87. The number of hydrogen-bond donors (Lipinski definition) is 0. The van der Waals surface area contributed by atoms with E-state index in [1.54, 1.807) is 24.3 Å². The average molecular weight is 262 g/mol. The summed E-state index contributed by atoms with van der Waals surface area (Å²) in [4.78, 5) is 12.2. The van der Waals surface area contributed by atoms with E-state index in [9.17, 15) is 13.6 Å². The van der Waals surface area contributed by atoms with Gasteiger partial charge in [0.15, 0.2) is 5.78 Å². The maximum absolute atomic E-state index is 13.1. The van der Waals surface area contributed by atoms with E-state index in [1.165, 1.54) is 7.11 Å². The number of methoxy groups -OCH3 is 1. The third-order valence-electron chi connectivity index (χ3n) is 2.72. The second kappa shape index (κ2) is 5.71. The van der Waals surface area contributed by atoms with E-state index in [2.05, 4.69) is 0 Å². The highest BCUT2D eigenvalue weighted by molar-refractivity contribution is 6.00. The molecule has 2 rings (SSSR count). The van der Waals surface area contributed by atoms with Crippen molar-refractivity contribution in [3.63, 3.8) is 0 Å². The molecule has 1 atom stereocenters. The molecule has 0 aromatic heterocycles. The van der Waals surface area contributed by atoms with E-state index in [0.29, 0.717) is 5.56 Å². The highest BCUT2D eigenvalue weighted by Gasteiger charge is 2.22. The standard InChI is InChI=1S/C15H12F2O2/c1-19-15(10-5-3-2-4-6-10)14(18)11-7-12(16)9-13(17)8-11/h2-9,15H,1H3. The van der Waals surface area contributed by atoms with Gasteiger partial charge in [0.2, 0.25) is 0 Å². The van der Waals surface area contributed by atoms with E-state index in [1.807, 2.05) is 6.07 Å². The third-order valence-corrected chi connectivity index (χ3v) is 2.72. The first kappa shape index (κ1) is 13.4. The van der Waals surface area contributed by atoms with Crippen molar-refractivity contribution in [2.45, 2.75) is 6.10 Å². The Kier molecular flexibility index (Phi) is 4.02. The Morgan fingerprint density at radius 2 is 1.63 bits per heavy atom. The van der Waals surface area contributed by atoms with Crippen molar-refractivity contribution in [1.29, 1.82) is 0 Å². The fourth-order valence-electron chi connectivity index (χ4n) is 1.87. The predicted octanol–water partition coefficient (Wildman–Crippen LogP) is 3.54. The number of ether oxygens (including phenoxy) is 1. The van der Waals surface area contributed by atoms with Gasteiger partial charge in [-0.3, -0.25) is 4.79 Å². The topological polar surface area (TPSA) is 26.3 Å². The summed E-state index contributed by atoms with van der Waals surface area (Å²) in [6.45, 7) is 0. The van der Waals surface area contributed by atoms with Gasteiger partial charge in [0, 0.05) is 18.7 Å². The molecule has 2 nitrogen and oxygen atoms in total. The van der Waals surface area contributed by atoms with Crippen molar-refractivity contribution in [3.05, 3.63) is 71.3 Å². The lowest BCUT2D eigenvalue weighted by Gasteiger charge is -2.14. The Hall–Kier alpha value is -2.07. The minimum atomic E-state index is -0.873. The predicted molar refractivity (Wildman–Crippen MR) is 66.9 cm³/mol. The first-order valence-electron chi connectivity index (χ1n) is 5.70. The number of ketones is 1. The molecule has 2 aromatic carbocycles. The van der Waals surface area contributed by atoms with Crippen molar-refractivity contribution in [2.24, 2.45) is 0 Å². The Bertz CT molecular complexity index is 562. The SMILES string of the molecule is COC(C(=O)c1cc(F)cc(F)c1)c1ccccc1. The van der Waals surface area contributed by atoms with Crippen LogP contribution >= 0.6 is 0 Å². The van der Waals surface area contributed by atoms with E-state index >= 15 is 0 Å². The van der Waals surface area contributed by atoms with Gasteiger partial charge in [-0.1, -0.05) is 30.3 Å². The lowest BCUT2D eigenvalue weighted by atomic mass is 9.99. The first-order valence-corrected chi connectivity index (χ1v) is 5.70. The van der Waals surface area contributed by atoms with Crippen LogP contribution in [0.3, 0.4) is 0 Å². The monoisotopic (exact) mass is 262 g/mol. The molecule has 98 valence electrons. The lowest BCUT2D eigenvalue weighted by molar-refractivity contribution is 0.0603. The summed E-state index contributed by atoms with van der Waals surface area (Å²) in [6.07, 6.45) is -0.873. The molecule has 2 aromatic rings. The third kappa shape index (κ3) is 3.03. The summed E-state index contributed by atoms with van der Waals surface area (Å²) in [6, 6.07) is 11.5. The van der Waals surface area contributed by atoms with Crippen LogP contribution < -0.4 is 0 Å². The van der Waals surface area contributed by atoms with Gasteiger partial charge in [-0.2, -0.15) is 0 Å². The molecule has 0 heterocycles. The zero-order chi connectivity index (χ0) is 13.8. The highest BCUT2D eigenvalue weighted by Crippen LogP contribution is 2.22. The van der Waals surface area contributed by atoms with Gasteiger partial charge in [-0.15, -0.1) is 0 Å². The molecule has 0 aliphatic carbocycles. The number of carbonyl (C=O) groups excluding carboxylic acids is 1. The minimum Gasteiger partial charge on any atom is -0.369 e. The molecule has 0 amide bonds. The Balaban J connectivity index is 2.36. The van der Waals surface area contributed by atoms with Crippen molar-refractivity contribution in [1.82, 2.24) is 0 Å². The number of Topliss-reactive ketones (excluding diaryl/α,β-unsaturated/α-hetero) is 1. The summed E-state index contributed by atoms with van der Waals surface area (Å²) in [7, 11) is 1.38. The van der Waals surface area contributed by atoms with Gasteiger partial charge in [-0.05, 0) is 17.7 Å². The van der Waals surface area contributed by atoms with Crippen LogP contribution in [-0.2, 0) is 4.74 Å². The van der Waals surface area contributed by atoms with Gasteiger partial charge >= 0.3 is 0 Å². The summed E-state index contributed by atoms with van der Waals surface area (Å²) in [5.74, 6) is -2.05. The smallest absolute Gasteiger partial charge is 0.196 e. The first-order chi connectivity index (χ1) is 9.11. The zero-order valence-electron chi connectivity index (χ0n) is 10.3. The Morgan fingerprint density at radius 1 is 1.05 bits per heavy atom. The normalized spacial score (nSPS) is 12.2. The van der Waals surface area contributed by atoms with Crippen LogP contribution in [0.5, 0.6) is 0 Å². The van der Waals surface area contributed by atoms with E-state index in [-0.39, 0.29) is 5.56 Å². The van der Waals surface area contributed by atoms with Crippen molar-refractivity contribution < 1.29 is 18.3 Å². The molecule has 1 unspecified atom stereocenters. The van der Waals surface area contributed by atoms with E-state index in [0.717, 1.165) is 18.2 Å². The second-order valence-electron chi connectivity index (χ2n) is 4.05.